The maximum atomic E-state index is 12.1. The molecule has 0 saturated heterocycles. The highest BCUT2D eigenvalue weighted by molar-refractivity contribution is 8.00. The van der Waals surface area contributed by atoms with Gasteiger partial charge in [-0.05, 0) is 45.1 Å². The summed E-state index contributed by atoms with van der Waals surface area (Å²) in [6.45, 7) is 4.93. The molecule has 2 N–H and O–H groups in total. The Morgan fingerprint density at radius 2 is 2.10 bits per heavy atom. The van der Waals surface area contributed by atoms with Gasteiger partial charge in [0.2, 0.25) is 5.09 Å². The van der Waals surface area contributed by atoms with Gasteiger partial charge in [0.25, 0.3) is 10.0 Å². The normalized spacial score (nSPS) is 16.6. The summed E-state index contributed by atoms with van der Waals surface area (Å²) in [7, 11) is -3.56. The fourth-order valence-electron chi connectivity index (χ4n) is 1.54. The molecule has 7 heteroatoms. The molecule has 0 unspecified atom stereocenters. The first-order valence-electron chi connectivity index (χ1n) is 6.69. The van der Waals surface area contributed by atoms with Crippen molar-refractivity contribution in [2.75, 3.05) is 12.8 Å². The zero-order valence-electron chi connectivity index (χ0n) is 12.1. The lowest BCUT2D eigenvalue weighted by Crippen LogP contribution is -2.35. The summed E-state index contributed by atoms with van der Waals surface area (Å²) in [4.78, 5) is 0. The third-order valence-corrected chi connectivity index (χ3v) is 5.81. The second kappa shape index (κ2) is 6.09. The number of furan rings is 1. The maximum absolute atomic E-state index is 12.1. The van der Waals surface area contributed by atoms with E-state index < -0.39 is 10.0 Å². The van der Waals surface area contributed by atoms with Crippen LogP contribution in [0.1, 0.15) is 32.4 Å². The minimum atomic E-state index is -3.56. The van der Waals surface area contributed by atoms with Crippen LogP contribution in [0.2, 0.25) is 0 Å². The summed E-state index contributed by atoms with van der Waals surface area (Å²) in [5, 5.41) is 3.28. The van der Waals surface area contributed by atoms with Gasteiger partial charge in [-0.15, -0.1) is 0 Å². The minimum absolute atomic E-state index is 0.0120. The quantitative estimate of drug-likeness (QED) is 0.766. The molecule has 1 aromatic heterocycles. The molecule has 0 bridgehead atoms. The van der Waals surface area contributed by atoms with Crippen LogP contribution in [0.15, 0.2) is 21.6 Å². The van der Waals surface area contributed by atoms with Gasteiger partial charge in [-0.1, -0.05) is 0 Å². The standard InChI is InChI=1S/C13H22N2O3S2/c1-13(2,19-3)9-15-20(16,17)12-7-6-11(18-12)8-14-10-4-5-10/h6-7,10,14-15H,4-5,8-9H2,1-3H3. The zero-order valence-corrected chi connectivity index (χ0v) is 13.7. The number of nitrogens with one attached hydrogen (secondary N) is 2. The first-order valence-corrected chi connectivity index (χ1v) is 9.40. The Bertz CT molecular complexity index is 548. The molecular weight excluding hydrogens is 296 g/mol. The Labute approximate surface area is 124 Å². The van der Waals surface area contributed by atoms with E-state index in [1.165, 1.54) is 18.9 Å². The van der Waals surface area contributed by atoms with Crippen LogP contribution < -0.4 is 10.0 Å². The van der Waals surface area contributed by atoms with Crippen LogP contribution >= 0.6 is 11.8 Å². The van der Waals surface area contributed by atoms with E-state index in [9.17, 15) is 8.42 Å². The molecule has 1 aliphatic rings. The van der Waals surface area contributed by atoms with E-state index in [0.717, 1.165) is 0 Å². The van der Waals surface area contributed by atoms with Crippen molar-refractivity contribution in [1.29, 1.82) is 0 Å². The molecular formula is C13H22N2O3S2. The van der Waals surface area contributed by atoms with Gasteiger partial charge in [0, 0.05) is 17.3 Å². The fourth-order valence-corrected chi connectivity index (χ4v) is 3.01. The molecule has 0 aromatic carbocycles. The van der Waals surface area contributed by atoms with Gasteiger partial charge >= 0.3 is 0 Å². The van der Waals surface area contributed by atoms with E-state index >= 15 is 0 Å². The Balaban J connectivity index is 1.94. The van der Waals surface area contributed by atoms with Crippen LogP contribution in [0.5, 0.6) is 0 Å². The monoisotopic (exact) mass is 318 g/mol. The molecule has 20 heavy (non-hydrogen) atoms. The van der Waals surface area contributed by atoms with Gasteiger partial charge in [0.05, 0.1) is 6.54 Å². The molecule has 114 valence electrons. The highest BCUT2D eigenvalue weighted by atomic mass is 32.2. The number of rotatable bonds is 8. The Hall–Kier alpha value is -0.500. The van der Waals surface area contributed by atoms with E-state index in [4.69, 9.17) is 4.42 Å². The molecule has 0 aliphatic heterocycles. The van der Waals surface area contributed by atoms with Crippen molar-refractivity contribution in [1.82, 2.24) is 10.0 Å². The number of hydrogen-bond donors (Lipinski definition) is 2. The molecule has 2 rings (SSSR count). The Morgan fingerprint density at radius 3 is 2.70 bits per heavy atom. The van der Waals surface area contributed by atoms with E-state index in [0.29, 0.717) is 24.9 Å². The molecule has 5 nitrogen and oxygen atoms in total. The van der Waals surface area contributed by atoms with Crippen molar-refractivity contribution in [2.24, 2.45) is 0 Å². The van der Waals surface area contributed by atoms with Crippen LogP contribution in [0.25, 0.3) is 0 Å². The fraction of sp³-hybridized carbons (Fsp3) is 0.692. The number of hydrogen-bond acceptors (Lipinski definition) is 5. The third kappa shape index (κ3) is 4.51. The van der Waals surface area contributed by atoms with E-state index in [1.807, 2.05) is 20.1 Å². The SMILES string of the molecule is CSC(C)(C)CNS(=O)(=O)c1ccc(CNC2CC2)o1. The number of thioether (sulfide) groups is 1. The van der Waals surface area contributed by atoms with Crippen molar-refractivity contribution in [2.45, 2.75) is 49.1 Å². The molecule has 0 spiro atoms. The van der Waals surface area contributed by atoms with Gasteiger partial charge in [-0.3, -0.25) is 0 Å². The summed E-state index contributed by atoms with van der Waals surface area (Å²) in [5.41, 5.74) is 0. The lowest BCUT2D eigenvalue weighted by atomic mass is 10.2. The van der Waals surface area contributed by atoms with E-state index in [2.05, 4.69) is 10.0 Å². The van der Waals surface area contributed by atoms with Gasteiger partial charge in [0.1, 0.15) is 5.76 Å². The molecule has 0 atom stereocenters. The van der Waals surface area contributed by atoms with Crippen molar-refractivity contribution in [3.8, 4) is 0 Å². The summed E-state index contributed by atoms with van der Waals surface area (Å²) >= 11 is 1.62. The summed E-state index contributed by atoms with van der Waals surface area (Å²) in [6.07, 6.45) is 4.34. The predicted molar refractivity (Wildman–Crippen MR) is 81.4 cm³/mol. The first-order chi connectivity index (χ1) is 9.32. The molecule has 0 amide bonds. The third-order valence-electron chi connectivity index (χ3n) is 3.28. The minimum Gasteiger partial charge on any atom is -0.447 e. The summed E-state index contributed by atoms with van der Waals surface area (Å²) < 4.78 is 32.1. The van der Waals surface area contributed by atoms with Gasteiger partial charge in [-0.25, -0.2) is 13.1 Å². The highest BCUT2D eigenvalue weighted by Crippen LogP contribution is 2.22. The van der Waals surface area contributed by atoms with Gasteiger partial charge in [-0.2, -0.15) is 11.8 Å². The molecule has 1 fully saturated rings. The molecule has 1 aromatic rings. The van der Waals surface area contributed by atoms with Crippen molar-refractivity contribution in [3.63, 3.8) is 0 Å². The molecule has 1 aliphatic carbocycles. The largest absolute Gasteiger partial charge is 0.447 e. The first kappa shape index (κ1) is 15.9. The molecule has 1 saturated carbocycles. The van der Waals surface area contributed by atoms with Crippen molar-refractivity contribution < 1.29 is 12.8 Å². The average molecular weight is 318 g/mol. The second-order valence-electron chi connectivity index (χ2n) is 5.66. The maximum Gasteiger partial charge on any atom is 0.274 e. The predicted octanol–water partition coefficient (Wildman–Crippen LogP) is 1.95. The molecule has 1 heterocycles. The van der Waals surface area contributed by atoms with Crippen LogP contribution in [-0.4, -0.2) is 32.0 Å². The van der Waals surface area contributed by atoms with E-state index in [1.54, 1.807) is 17.8 Å². The van der Waals surface area contributed by atoms with Gasteiger partial charge in [0.15, 0.2) is 0 Å². The topological polar surface area (TPSA) is 71.3 Å². The lowest BCUT2D eigenvalue weighted by molar-refractivity contribution is 0.399. The zero-order chi connectivity index (χ0) is 14.8. The smallest absolute Gasteiger partial charge is 0.274 e. The second-order valence-corrected chi connectivity index (χ2v) is 8.88. The van der Waals surface area contributed by atoms with Crippen LogP contribution in [-0.2, 0) is 16.6 Å². The summed E-state index contributed by atoms with van der Waals surface area (Å²) in [5.74, 6) is 0.654. The highest BCUT2D eigenvalue weighted by Gasteiger charge is 2.24. The lowest BCUT2D eigenvalue weighted by Gasteiger charge is -2.21. The summed E-state index contributed by atoms with van der Waals surface area (Å²) in [6, 6.07) is 3.79. The van der Waals surface area contributed by atoms with Crippen molar-refractivity contribution >= 4 is 21.8 Å². The Morgan fingerprint density at radius 1 is 1.40 bits per heavy atom. The Kier molecular flexibility index (Phi) is 4.84. The molecule has 0 radical (unpaired) electrons. The van der Waals surface area contributed by atoms with Gasteiger partial charge < -0.3 is 9.73 Å². The van der Waals surface area contributed by atoms with Crippen molar-refractivity contribution in [3.05, 3.63) is 17.9 Å². The average Bonchev–Trinajstić information content (AvgIpc) is 3.10. The van der Waals surface area contributed by atoms with Crippen LogP contribution in [0.3, 0.4) is 0 Å². The van der Waals surface area contributed by atoms with Crippen LogP contribution in [0.4, 0.5) is 0 Å². The van der Waals surface area contributed by atoms with E-state index in [-0.39, 0.29) is 9.84 Å². The van der Waals surface area contributed by atoms with Crippen LogP contribution in [0, 0.1) is 0 Å². The number of sulfonamides is 1.